The number of alkyl halides is 3. The van der Waals surface area contributed by atoms with E-state index in [1.54, 1.807) is 25.1 Å². The normalized spacial score (nSPS) is 11.8. The first kappa shape index (κ1) is 19.2. The molecule has 0 aliphatic heterocycles. The molecule has 0 atom stereocenters. The van der Waals surface area contributed by atoms with E-state index in [1.165, 1.54) is 14.1 Å². The number of rotatable bonds is 2. The van der Waals surface area contributed by atoms with Gasteiger partial charge in [0.1, 0.15) is 16.9 Å². The molecule has 1 aromatic carbocycles. The molecule has 1 N–H and O–H groups in total. The van der Waals surface area contributed by atoms with Gasteiger partial charge in [0, 0.05) is 24.3 Å². The highest BCUT2D eigenvalue weighted by molar-refractivity contribution is 9.10. The maximum absolute atomic E-state index is 13.3. The Balaban J connectivity index is 2.41. The van der Waals surface area contributed by atoms with Crippen LogP contribution in [0.4, 0.5) is 24.7 Å². The van der Waals surface area contributed by atoms with Crippen LogP contribution in [0.5, 0.6) is 0 Å². The molecule has 3 rings (SSSR count). The Morgan fingerprint density at radius 2 is 1.81 bits per heavy atom. The number of aromatic nitrogens is 3. The van der Waals surface area contributed by atoms with Crippen LogP contribution in [0.15, 0.2) is 38.3 Å². The topological polar surface area (TPSA) is 68.9 Å². The van der Waals surface area contributed by atoms with Crippen molar-refractivity contribution < 1.29 is 13.2 Å². The predicted molar refractivity (Wildman–Crippen MR) is 99.4 cm³/mol. The van der Waals surface area contributed by atoms with Crippen LogP contribution in [0, 0.1) is 6.92 Å². The zero-order valence-corrected chi connectivity index (χ0v) is 16.1. The van der Waals surface area contributed by atoms with E-state index in [4.69, 9.17) is 0 Å². The van der Waals surface area contributed by atoms with Crippen LogP contribution in [0.3, 0.4) is 0 Å². The first-order valence-corrected chi connectivity index (χ1v) is 8.51. The van der Waals surface area contributed by atoms with Crippen molar-refractivity contribution >= 4 is 38.3 Å². The zero-order valence-electron chi connectivity index (χ0n) is 14.5. The molecule has 10 heteroatoms. The summed E-state index contributed by atoms with van der Waals surface area (Å²) >= 11 is 3.35. The van der Waals surface area contributed by atoms with E-state index >= 15 is 0 Å². The predicted octanol–water partition coefficient (Wildman–Crippen LogP) is 3.47. The van der Waals surface area contributed by atoms with Crippen molar-refractivity contribution in [3.8, 4) is 0 Å². The fourth-order valence-corrected chi connectivity index (χ4v) is 3.06. The second-order valence-electron chi connectivity index (χ2n) is 5.99. The van der Waals surface area contributed by atoms with Crippen molar-refractivity contribution in [1.29, 1.82) is 0 Å². The van der Waals surface area contributed by atoms with Gasteiger partial charge in [-0.25, -0.2) is 9.78 Å². The molecule has 0 aliphatic carbocycles. The molecule has 0 amide bonds. The maximum Gasteiger partial charge on any atom is 0.433 e. The first-order chi connectivity index (χ1) is 12.5. The van der Waals surface area contributed by atoms with Gasteiger partial charge in [-0.15, -0.1) is 0 Å². The smallest absolute Gasteiger partial charge is 0.339 e. The molecule has 142 valence electrons. The minimum atomic E-state index is -4.74. The molecule has 2 aromatic heterocycles. The molecule has 0 unspecified atom stereocenters. The van der Waals surface area contributed by atoms with Gasteiger partial charge >= 0.3 is 11.9 Å². The Morgan fingerprint density at radius 1 is 1.15 bits per heavy atom. The Labute approximate surface area is 159 Å². The molecule has 0 radical (unpaired) electrons. The fraction of sp³-hybridized carbons (Fsp3) is 0.235. The van der Waals surface area contributed by atoms with E-state index in [0.29, 0.717) is 11.8 Å². The minimum absolute atomic E-state index is 0.105. The van der Waals surface area contributed by atoms with E-state index < -0.39 is 23.1 Å². The minimum Gasteiger partial charge on any atom is -0.339 e. The van der Waals surface area contributed by atoms with Gasteiger partial charge in [0.15, 0.2) is 0 Å². The number of anilines is 2. The van der Waals surface area contributed by atoms with E-state index in [-0.39, 0.29) is 16.7 Å². The van der Waals surface area contributed by atoms with Crippen LogP contribution in [-0.2, 0) is 20.3 Å². The van der Waals surface area contributed by atoms with Crippen LogP contribution < -0.4 is 16.6 Å². The summed E-state index contributed by atoms with van der Waals surface area (Å²) in [5, 5.41) is 2.71. The molecular weight excluding hydrogens is 429 g/mol. The van der Waals surface area contributed by atoms with Crippen LogP contribution in [0.2, 0.25) is 0 Å². The average Bonchev–Trinajstić information content (AvgIpc) is 2.60. The van der Waals surface area contributed by atoms with Gasteiger partial charge in [0.05, 0.1) is 5.52 Å². The average molecular weight is 443 g/mol. The number of nitrogens with zero attached hydrogens (tertiary/aromatic N) is 3. The van der Waals surface area contributed by atoms with Gasteiger partial charge in [-0.1, -0.05) is 22.0 Å². The van der Waals surface area contributed by atoms with Gasteiger partial charge in [-0.2, -0.15) is 13.2 Å². The molecule has 0 fully saturated rings. The second kappa shape index (κ2) is 6.52. The van der Waals surface area contributed by atoms with Crippen molar-refractivity contribution in [2.75, 3.05) is 5.32 Å². The van der Waals surface area contributed by atoms with Crippen LogP contribution in [0.1, 0.15) is 11.3 Å². The number of fused-ring (bicyclic) bond motifs is 1. The second-order valence-corrected chi connectivity index (χ2v) is 6.85. The summed E-state index contributed by atoms with van der Waals surface area (Å²) < 4.78 is 42.5. The van der Waals surface area contributed by atoms with E-state index in [9.17, 15) is 22.8 Å². The van der Waals surface area contributed by atoms with Crippen molar-refractivity contribution in [2.24, 2.45) is 14.1 Å². The lowest BCUT2D eigenvalue weighted by Crippen LogP contribution is -2.37. The molecule has 0 aliphatic rings. The standard InChI is InChI=1S/C17H14BrF3N4O2/c1-8-9(18)5-4-6-10(8)22-14-13-11(7-12(23-14)17(19,20)21)24(2)16(27)25(3)15(13)26/h4-7H,1-3H3,(H,22,23). The third-order valence-electron chi connectivity index (χ3n) is 4.26. The van der Waals surface area contributed by atoms with Gasteiger partial charge in [0.2, 0.25) is 0 Å². The van der Waals surface area contributed by atoms with Crippen molar-refractivity contribution in [2.45, 2.75) is 13.1 Å². The number of nitrogens with one attached hydrogen (secondary N) is 1. The monoisotopic (exact) mass is 442 g/mol. The summed E-state index contributed by atoms with van der Waals surface area (Å²) in [4.78, 5) is 28.4. The summed E-state index contributed by atoms with van der Waals surface area (Å²) in [6.07, 6.45) is -4.74. The summed E-state index contributed by atoms with van der Waals surface area (Å²) in [6.45, 7) is 1.76. The van der Waals surface area contributed by atoms with Gasteiger partial charge < -0.3 is 5.32 Å². The van der Waals surface area contributed by atoms with Crippen LogP contribution in [-0.4, -0.2) is 14.1 Å². The lowest BCUT2D eigenvalue weighted by atomic mass is 10.2. The maximum atomic E-state index is 13.3. The summed E-state index contributed by atoms with van der Waals surface area (Å²) in [5.41, 5.74) is -1.60. The van der Waals surface area contributed by atoms with Crippen LogP contribution >= 0.6 is 15.9 Å². The summed E-state index contributed by atoms with van der Waals surface area (Å²) in [7, 11) is 2.56. The van der Waals surface area contributed by atoms with Gasteiger partial charge in [-0.3, -0.25) is 13.9 Å². The Hall–Kier alpha value is -2.62. The number of pyridine rings is 1. The molecule has 3 aromatic rings. The molecular formula is C17H14BrF3N4O2. The number of halogens is 4. The first-order valence-electron chi connectivity index (χ1n) is 7.72. The lowest BCUT2D eigenvalue weighted by Gasteiger charge is -2.16. The summed E-state index contributed by atoms with van der Waals surface area (Å²) in [5.74, 6) is -0.266. The number of aryl methyl sites for hydroxylation is 1. The van der Waals surface area contributed by atoms with Crippen molar-refractivity contribution in [1.82, 2.24) is 14.1 Å². The van der Waals surface area contributed by atoms with E-state index in [0.717, 1.165) is 19.2 Å². The third-order valence-corrected chi connectivity index (χ3v) is 5.12. The van der Waals surface area contributed by atoms with Gasteiger partial charge in [-0.05, 0) is 30.7 Å². The Kier molecular flexibility index (Phi) is 4.62. The lowest BCUT2D eigenvalue weighted by molar-refractivity contribution is -0.141. The van der Waals surface area contributed by atoms with Gasteiger partial charge in [0.25, 0.3) is 5.56 Å². The highest BCUT2D eigenvalue weighted by Gasteiger charge is 2.34. The van der Waals surface area contributed by atoms with E-state index in [2.05, 4.69) is 26.2 Å². The quantitative estimate of drug-likeness (QED) is 0.659. The molecule has 0 saturated heterocycles. The highest BCUT2D eigenvalue weighted by Crippen LogP contribution is 2.33. The number of hydrogen-bond acceptors (Lipinski definition) is 4. The van der Waals surface area contributed by atoms with Crippen molar-refractivity contribution in [3.05, 3.63) is 60.8 Å². The third kappa shape index (κ3) is 3.25. The van der Waals surface area contributed by atoms with Crippen molar-refractivity contribution in [3.63, 3.8) is 0 Å². The molecule has 2 heterocycles. The molecule has 6 nitrogen and oxygen atoms in total. The van der Waals surface area contributed by atoms with E-state index in [1.807, 2.05) is 0 Å². The molecule has 0 bridgehead atoms. The highest BCUT2D eigenvalue weighted by atomic mass is 79.9. The fourth-order valence-electron chi connectivity index (χ4n) is 2.70. The molecule has 27 heavy (non-hydrogen) atoms. The SMILES string of the molecule is Cc1c(Br)cccc1Nc1nc(C(F)(F)F)cc2c1c(=O)n(C)c(=O)n2C. The largest absolute Gasteiger partial charge is 0.433 e. The van der Waals surface area contributed by atoms with Crippen LogP contribution in [0.25, 0.3) is 10.9 Å². The summed E-state index contributed by atoms with van der Waals surface area (Å²) in [6, 6.07) is 5.83. The number of benzene rings is 1. The Morgan fingerprint density at radius 3 is 2.44 bits per heavy atom. The number of hydrogen-bond donors (Lipinski definition) is 1. The molecule has 0 saturated carbocycles. The molecule has 0 spiro atoms. The zero-order chi connectivity index (χ0) is 20.1. The Bertz CT molecular complexity index is 1180.